The van der Waals surface area contributed by atoms with Gasteiger partial charge in [0, 0.05) is 12.1 Å². The fourth-order valence-electron chi connectivity index (χ4n) is 4.22. The average Bonchev–Trinajstić information content (AvgIpc) is 2.62. The molecule has 2 aliphatic rings. The lowest BCUT2D eigenvalue weighted by Crippen LogP contribution is -2.41. The van der Waals surface area contributed by atoms with Crippen molar-refractivity contribution < 1.29 is 9.84 Å². The number of hydrogen-bond acceptors (Lipinski definition) is 7. The van der Waals surface area contributed by atoms with Crippen LogP contribution >= 0.6 is 0 Å². The minimum atomic E-state index is -1.61. The molecule has 10 heteroatoms. The number of nitrogens with zero attached hydrogens (tertiary/aromatic N) is 3. The third-order valence-corrected chi connectivity index (χ3v) is 5.58. The molecule has 6 radical (unpaired) electrons. The van der Waals surface area contributed by atoms with Crippen LogP contribution in [0.25, 0.3) is 0 Å². The Morgan fingerprint density at radius 2 is 1.93 bits per heavy atom. The largest absolute Gasteiger partial charge is 0.400 e. The topological polar surface area (TPSA) is 103 Å². The Labute approximate surface area is 176 Å². The number of ether oxygens (including phenoxy) is 1. The van der Waals surface area contributed by atoms with Crippen LogP contribution < -0.4 is 10.6 Å². The fraction of sp³-hybridized carbons (Fsp3) is 0.737. The fourth-order valence-corrected chi connectivity index (χ4v) is 4.22. The van der Waals surface area contributed by atoms with E-state index in [1.54, 1.807) is 0 Å². The molecule has 2 aliphatic carbocycles. The molecule has 1 aromatic heterocycles. The van der Waals surface area contributed by atoms with E-state index in [0.717, 1.165) is 44.9 Å². The first-order valence-corrected chi connectivity index (χ1v) is 10.2. The van der Waals surface area contributed by atoms with Crippen LogP contribution in [0, 0.1) is 11.3 Å². The molecule has 148 valence electrons. The molecular formula is C19H26B3N5O2. The molecule has 0 bridgehead atoms. The number of nitrogens with one attached hydrogen (secondary N) is 2. The highest BCUT2D eigenvalue weighted by Gasteiger charge is 2.30. The van der Waals surface area contributed by atoms with Gasteiger partial charge in [0.25, 0.3) is 0 Å². The summed E-state index contributed by atoms with van der Waals surface area (Å²) in [6, 6.07) is 2.40. The van der Waals surface area contributed by atoms with Crippen LogP contribution in [0.15, 0.2) is 6.20 Å². The van der Waals surface area contributed by atoms with E-state index < -0.39 is 10.9 Å². The highest BCUT2D eigenvalue weighted by molar-refractivity contribution is 6.58. The second kappa shape index (κ2) is 8.97. The van der Waals surface area contributed by atoms with Gasteiger partial charge in [0.05, 0.1) is 41.4 Å². The van der Waals surface area contributed by atoms with E-state index in [2.05, 4.69) is 26.7 Å². The Morgan fingerprint density at radius 1 is 1.21 bits per heavy atom. The Kier molecular flexibility index (Phi) is 6.80. The molecule has 2 saturated carbocycles. The molecule has 1 aromatic rings. The van der Waals surface area contributed by atoms with Gasteiger partial charge in [-0.1, -0.05) is 0 Å². The number of rotatable bonds is 6. The van der Waals surface area contributed by atoms with Gasteiger partial charge in [-0.25, -0.2) is 4.98 Å². The van der Waals surface area contributed by atoms with Crippen molar-refractivity contribution in [3.63, 3.8) is 0 Å². The molecule has 0 spiro atoms. The zero-order valence-corrected chi connectivity index (χ0v) is 16.9. The summed E-state index contributed by atoms with van der Waals surface area (Å²) < 4.78 is 5.44. The summed E-state index contributed by atoms with van der Waals surface area (Å²) in [5.74, 6) is 0.980. The average molecular weight is 389 g/mol. The van der Waals surface area contributed by atoms with Gasteiger partial charge in [-0.3, -0.25) is 0 Å². The molecule has 0 amide bonds. The van der Waals surface area contributed by atoms with Crippen LogP contribution in [0.5, 0.6) is 0 Å². The monoisotopic (exact) mass is 389 g/mol. The number of aliphatic hydroxyl groups is 1. The van der Waals surface area contributed by atoms with E-state index in [9.17, 15) is 10.4 Å². The van der Waals surface area contributed by atoms with Gasteiger partial charge in [-0.2, -0.15) is 10.2 Å². The summed E-state index contributed by atoms with van der Waals surface area (Å²) >= 11 is 0. The number of hydrogen-bond donors (Lipinski definition) is 3. The van der Waals surface area contributed by atoms with Crippen LogP contribution in [0.4, 0.5) is 11.8 Å². The maximum absolute atomic E-state index is 10.3. The first-order chi connectivity index (χ1) is 13.6. The Hall–Kier alpha value is -1.72. The lowest BCUT2D eigenvalue weighted by atomic mass is 9.52. The van der Waals surface area contributed by atoms with Gasteiger partial charge >= 0.3 is 0 Å². The summed E-state index contributed by atoms with van der Waals surface area (Å²) in [4.78, 5) is 8.81. The summed E-state index contributed by atoms with van der Waals surface area (Å²) in [6.45, 7) is 1.85. The van der Waals surface area contributed by atoms with E-state index in [-0.39, 0.29) is 18.2 Å². The maximum Gasteiger partial charge on any atom is 0.224 e. The van der Waals surface area contributed by atoms with Crippen LogP contribution in [0.2, 0.25) is 0 Å². The minimum Gasteiger partial charge on any atom is -0.400 e. The molecule has 2 atom stereocenters. The third-order valence-electron chi connectivity index (χ3n) is 5.58. The van der Waals surface area contributed by atoms with Crippen molar-refractivity contribution in [3.8, 4) is 6.07 Å². The second-order valence-corrected chi connectivity index (χ2v) is 8.59. The predicted molar refractivity (Wildman–Crippen MR) is 114 cm³/mol. The number of anilines is 2. The standard InChI is InChI=1S/C19H26B3N5O2/c1-18(28)8-2-3-14(9-18)25-16-12(10-23)11-24-17(27-16)26-13-4-6-15(7-5-13)29-19(20,21)22/h11,13-15,28H,2-9H2,1H3,(H2,24,25,26,27)/t13?,14-,15?,18+/m1/s1. The molecule has 0 aromatic carbocycles. The molecule has 0 unspecified atom stereocenters. The smallest absolute Gasteiger partial charge is 0.224 e. The van der Waals surface area contributed by atoms with E-state index in [1.807, 2.05) is 6.92 Å². The summed E-state index contributed by atoms with van der Waals surface area (Å²) in [6.07, 6.45) is 8.00. The van der Waals surface area contributed by atoms with Crippen LogP contribution in [0.1, 0.15) is 63.9 Å². The maximum atomic E-state index is 10.3. The molecule has 2 fully saturated rings. The van der Waals surface area contributed by atoms with Crippen molar-refractivity contribution in [1.82, 2.24) is 9.97 Å². The first-order valence-electron chi connectivity index (χ1n) is 10.2. The summed E-state index contributed by atoms with van der Waals surface area (Å²) in [7, 11) is 16.5. The first kappa shape index (κ1) is 22.0. The van der Waals surface area contributed by atoms with Crippen LogP contribution in [0.3, 0.4) is 0 Å². The predicted octanol–water partition coefficient (Wildman–Crippen LogP) is 1.31. The Morgan fingerprint density at radius 3 is 2.55 bits per heavy atom. The lowest BCUT2D eigenvalue weighted by Gasteiger charge is -2.35. The van der Waals surface area contributed by atoms with Crippen molar-refractivity contribution in [1.29, 1.82) is 5.26 Å². The van der Waals surface area contributed by atoms with E-state index in [4.69, 9.17) is 28.3 Å². The van der Waals surface area contributed by atoms with Gasteiger partial charge in [-0.15, -0.1) is 0 Å². The van der Waals surface area contributed by atoms with Crippen LogP contribution in [-0.2, 0) is 4.74 Å². The summed E-state index contributed by atoms with van der Waals surface area (Å²) in [5, 5.41) is 24.8. The summed E-state index contributed by atoms with van der Waals surface area (Å²) in [5.41, 5.74) is -0.297. The highest BCUT2D eigenvalue weighted by atomic mass is 16.5. The Bertz CT molecular complexity index is 742. The molecule has 3 N–H and O–H groups in total. The number of nitriles is 1. The van der Waals surface area contributed by atoms with Crippen molar-refractivity contribution in [3.05, 3.63) is 11.8 Å². The van der Waals surface area contributed by atoms with Crippen molar-refractivity contribution in [2.45, 2.75) is 87.4 Å². The number of aromatic nitrogens is 2. The van der Waals surface area contributed by atoms with Crippen molar-refractivity contribution in [2.24, 2.45) is 0 Å². The molecule has 3 rings (SSSR count). The zero-order valence-electron chi connectivity index (χ0n) is 16.9. The SMILES string of the molecule is [B]C([B])([B])OC1CCC(Nc2ncc(C#N)c(N[C@@H]3CCC[C@](C)(O)C3)n2)CC1. The normalized spacial score (nSPS) is 30.3. The molecule has 1 heterocycles. The van der Waals surface area contributed by atoms with Gasteiger partial charge in [0.1, 0.15) is 17.5 Å². The molecular weight excluding hydrogens is 363 g/mol. The molecule has 29 heavy (non-hydrogen) atoms. The van der Waals surface area contributed by atoms with Gasteiger partial charge in [-0.05, 0) is 63.6 Å². The Balaban J connectivity index is 1.60. The van der Waals surface area contributed by atoms with E-state index in [0.29, 0.717) is 23.8 Å². The quantitative estimate of drug-likeness (QED) is 0.631. The van der Waals surface area contributed by atoms with Gasteiger partial charge in [0.15, 0.2) is 0 Å². The van der Waals surface area contributed by atoms with Crippen molar-refractivity contribution >= 4 is 35.3 Å². The van der Waals surface area contributed by atoms with Gasteiger partial charge < -0.3 is 20.5 Å². The van der Waals surface area contributed by atoms with E-state index >= 15 is 0 Å². The second-order valence-electron chi connectivity index (χ2n) is 8.59. The van der Waals surface area contributed by atoms with Crippen molar-refractivity contribution in [2.75, 3.05) is 10.6 Å². The zero-order chi connectivity index (χ0) is 21.1. The third kappa shape index (κ3) is 6.65. The van der Waals surface area contributed by atoms with Gasteiger partial charge in [0.2, 0.25) is 5.95 Å². The van der Waals surface area contributed by atoms with E-state index in [1.165, 1.54) is 6.20 Å². The van der Waals surface area contributed by atoms with Crippen LogP contribution in [-0.4, -0.2) is 67.7 Å². The lowest BCUT2D eigenvalue weighted by molar-refractivity contribution is 0.0181. The molecule has 0 aliphatic heterocycles. The molecule has 0 saturated heterocycles. The highest BCUT2D eigenvalue weighted by Crippen LogP contribution is 2.30. The molecule has 7 nitrogen and oxygen atoms in total. The minimum absolute atomic E-state index is 0.0637.